The molecule has 3 aliphatic rings. The SMILES string of the molecule is O=C(NC1CCCC1)C1CC2(CCN(c3cnccn3)CC2)c2ccccc21.O=C(O)C(F)(F)F. The summed E-state index contributed by atoms with van der Waals surface area (Å²) in [6.07, 6.45) is 8.07. The largest absolute Gasteiger partial charge is 0.490 e. The standard InChI is InChI=1S/C23H28N4O.C2HF3O2/c28-22(26-17-5-1-2-6-17)19-15-23(20-8-4-3-7-18(19)20)9-13-27(14-10-23)21-16-24-11-12-25-21;3-2(4,5)1(6)7/h3-4,7-8,11-12,16-17,19H,1-2,5-6,9-10,13-15H2,(H,26,28);(H,6,7). The van der Waals surface area contributed by atoms with Gasteiger partial charge >= 0.3 is 12.1 Å². The smallest absolute Gasteiger partial charge is 0.475 e. The van der Waals surface area contributed by atoms with Crippen LogP contribution in [0.1, 0.15) is 62.0 Å². The summed E-state index contributed by atoms with van der Waals surface area (Å²) in [4.78, 5) is 33.0. The Labute approximate surface area is 201 Å². The van der Waals surface area contributed by atoms with Gasteiger partial charge in [-0.3, -0.25) is 9.78 Å². The average molecular weight is 491 g/mol. The van der Waals surface area contributed by atoms with E-state index in [0.29, 0.717) is 6.04 Å². The monoisotopic (exact) mass is 490 g/mol. The molecule has 1 unspecified atom stereocenters. The Bertz CT molecular complexity index is 1030. The number of piperidine rings is 1. The summed E-state index contributed by atoms with van der Waals surface area (Å²) in [5, 5.41) is 10.5. The highest BCUT2D eigenvalue weighted by Gasteiger charge is 2.47. The van der Waals surface area contributed by atoms with Crippen molar-refractivity contribution in [3.05, 3.63) is 54.0 Å². The van der Waals surface area contributed by atoms with Gasteiger partial charge in [-0.25, -0.2) is 9.78 Å². The van der Waals surface area contributed by atoms with Crippen molar-refractivity contribution >= 4 is 17.7 Å². The van der Waals surface area contributed by atoms with E-state index in [0.717, 1.165) is 51.0 Å². The first-order valence-electron chi connectivity index (χ1n) is 11.9. The second-order valence-electron chi connectivity index (χ2n) is 9.47. The number of carboxylic acid groups (broad SMARTS) is 1. The first kappa shape index (κ1) is 24.9. The Kier molecular flexibility index (Phi) is 7.28. The number of carbonyl (C=O) groups excluding carboxylic acids is 1. The van der Waals surface area contributed by atoms with Crippen LogP contribution in [0, 0.1) is 0 Å². The molecule has 1 atom stereocenters. The summed E-state index contributed by atoms with van der Waals surface area (Å²) in [6, 6.07) is 9.04. The molecular weight excluding hydrogens is 461 g/mol. The van der Waals surface area contributed by atoms with Crippen molar-refractivity contribution in [3.8, 4) is 0 Å². The topological polar surface area (TPSA) is 95.4 Å². The fraction of sp³-hybridized carbons (Fsp3) is 0.520. The van der Waals surface area contributed by atoms with E-state index in [-0.39, 0.29) is 17.2 Å². The number of carboxylic acids is 1. The Morgan fingerprint density at radius 2 is 1.74 bits per heavy atom. The van der Waals surface area contributed by atoms with E-state index in [2.05, 4.69) is 44.5 Å². The van der Waals surface area contributed by atoms with Crippen molar-refractivity contribution in [3.63, 3.8) is 0 Å². The highest BCUT2D eigenvalue weighted by molar-refractivity contribution is 5.86. The van der Waals surface area contributed by atoms with Crippen molar-refractivity contribution < 1.29 is 27.9 Å². The lowest BCUT2D eigenvalue weighted by Gasteiger charge is -2.40. The number of fused-ring (bicyclic) bond motifs is 2. The summed E-state index contributed by atoms with van der Waals surface area (Å²) in [6.45, 7) is 1.92. The first-order chi connectivity index (χ1) is 16.7. The molecule has 0 radical (unpaired) electrons. The van der Waals surface area contributed by atoms with Gasteiger partial charge in [0.15, 0.2) is 0 Å². The Hall–Kier alpha value is -3.17. The van der Waals surface area contributed by atoms with Crippen LogP contribution in [-0.4, -0.2) is 52.3 Å². The Morgan fingerprint density at radius 1 is 1.09 bits per heavy atom. The molecule has 0 bridgehead atoms. The predicted octanol–water partition coefficient (Wildman–Crippen LogP) is 4.19. The molecule has 1 aromatic heterocycles. The van der Waals surface area contributed by atoms with Gasteiger partial charge in [0.05, 0.1) is 12.1 Å². The molecule has 35 heavy (non-hydrogen) atoms. The van der Waals surface area contributed by atoms with Crippen LogP contribution < -0.4 is 10.2 Å². The maximum absolute atomic E-state index is 13.1. The fourth-order valence-corrected chi connectivity index (χ4v) is 5.59. The van der Waals surface area contributed by atoms with E-state index < -0.39 is 12.1 Å². The van der Waals surface area contributed by atoms with E-state index >= 15 is 0 Å². The summed E-state index contributed by atoms with van der Waals surface area (Å²) < 4.78 is 31.7. The van der Waals surface area contributed by atoms with E-state index in [4.69, 9.17) is 9.90 Å². The van der Waals surface area contributed by atoms with Gasteiger partial charge in [-0.15, -0.1) is 0 Å². The first-order valence-corrected chi connectivity index (χ1v) is 11.9. The summed E-state index contributed by atoms with van der Waals surface area (Å²) in [5.41, 5.74) is 2.78. The molecule has 2 N–H and O–H groups in total. The van der Waals surface area contributed by atoms with Gasteiger partial charge in [-0.2, -0.15) is 13.2 Å². The second kappa shape index (κ2) is 10.2. The third-order valence-corrected chi connectivity index (χ3v) is 7.36. The summed E-state index contributed by atoms with van der Waals surface area (Å²) in [7, 11) is 0. The van der Waals surface area contributed by atoms with Crippen LogP contribution in [0.15, 0.2) is 42.9 Å². The van der Waals surface area contributed by atoms with Gasteiger partial charge in [-0.1, -0.05) is 37.1 Å². The minimum atomic E-state index is -5.08. The lowest BCUT2D eigenvalue weighted by atomic mass is 9.73. The number of nitrogens with zero attached hydrogens (tertiary/aromatic N) is 3. The van der Waals surface area contributed by atoms with Gasteiger partial charge in [0.1, 0.15) is 5.82 Å². The van der Waals surface area contributed by atoms with Gasteiger partial charge < -0.3 is 15.3 Å². The maximum atomic E-state index is 13.1. The molecule has 2 fully saturated rings. The number of hydrogen-bond acceptors (Lipinski definition) is 5. The van der Waals surface area contributed by atoms with Gasteiger partial charge in [0.2, 0.25) is 5.91 Å². The number of anilines is 1. The molecule has 1 aromatic carbocycles. The van der Waals surface area contributed by atoms with Gasteiger partial charge in [-0.05, 0) is 43.2 Å². The van der Waals surface area contributed by atoms with Crippen LogP contribution in [0.25, 0.3) is 0 Å². The van der Waals surface area contributed by atoms with Crippen molar-refractivity contribution in [2.45, 2.75) is 68.5 Å². The van der Waals surface area contributed by atoms with E-state index in [9.17, 15) is 18.0 Å². The molecule has 1 spiro atoms. The van der Waals surface area contributed by atoms with E-state index in [1.54, 1.807) is 12.4 Å². The molecule has 1 amide bonds. The maximum Gasteiger partial charge on any atom is 0.490 e. The number of hydrogen-bond donors (Lipinski definition) is 2. The minimum Gasteiger partial charge on any atom is -0.475 e. The molecule has 2 heterocycles. The Balaban J connectivity index is 0.000000364. The number of amides is 1. The lowest BCUT2D eigenvalue weighted by Crippen LogP contribution is -2.42. The molecule has 5 rings (SSSR count). The predicted molar refractivity (Wildman–Crippen MR) is 123 cm³/mol. The number of carbonyl (C=O) groups is 2. The van der Waals surface area contributed by atoms with E-state index in [1.807, 2.05) is 6.20 Å². The van der Waals surface area contributed by atoms with Crippen LogP contribution in [0.5, 0.6) is 0 Å². The molecule has 1 saturated heterocycles. The average Bonchev–Trinajstić information content (AvgIpc) is 3.47. The molecule has 1 saturated carbocycles. The highest BCUT2D eigenvalue weighted by Crippen LogP contribution is 2.52. The van der Waals surface area contributed by atoms with Crippen molar-refractivity contribution in [1.82, 2.24) is 15.3 Å². The summed E-state index contributed by atoms with van der Waals surface area (Å²) in [5.74, 6) is -1.56. The number of rotatable bonds is 3. The third kappa shape index (κ3) is 5.57. The minimum absolute atomic E-state index is 0.000123. The normalized spacial score (nSPS) is 21.2. The van der Waals surface area contributed by atoms with Crippen LogP contribution >= 0.6 is 0 Å². The molecule has 2 aromatic rings. The van der Waals surface area contributed by atoms with E-state index in [1.165, 1.54) is 24.0 Å². The van der Waals surface area contributed by atoms with Gasteiger partial charge in [0.25, 0.3) is 0 Å². The lowest BCUT2D eigenvalue weighted by molar-refractivity contribution is -0.192. The number of aliphatic carboxylic acids is 1. The van der Waals surface area contributed by atoms with Crippen LogP contribution in [0.4, 0.5) is 19.0 Å². The number of aromatic nitrogens is 2. The van der Waals surface area contributed by atoms with Crippen molar-refractivity contribution in [2.24, 2.45) is 0 Å². The van der Waals surface area contributed by atoms with Crippen LogP contribution in [-0.2, 0) is 15.0 Å². The zero-order chi connectivity index (χ0) is 25.1. The zero-order valence-electron chi connectivity index (χ0n) is 19.3. The zero-order valence-corrected chi connectivity index (χ0v) is 19.3. The second-order valence-corrected chi connectivity index (χ2v) is 9.47. The Morgan fingerprint density at radius 3 is 2.34 bits per heavy atom. The number of halogens is 3. The van der Waals surface area contributed by atoms with Crippen LogP contribution in [0.2, 0.25) is 0 Å². The quantitative estimate of drug-likeness (QED) is 0.670. The molecule has 188 valence electrons. The third-order valence-electron chi connectivity index (χ3n) is 7.36. The molecule has 7 nitrogen and oxygen atoms in total. The van der Waals surface area contributed by atoms with Crippen molar-refractivity contribution in [1.29, 1.82) is 0 Å². The van der Waals surface area contributed by atoms with Crippen molar-refractivity contribution in [2.75, 3.05) is 18.0 Å². The summed E-state index contributed by atoms with van der Waals surface area (Å²) >= 11 is 0. The molecule has 2 aliphatic carbocycles. The highest BCUT2D eigenvalue weighted by atomic mass is 19.4. The number of alkyl halides is 3. The number of benzene rings is 1. The molecule has 10 heteroatoms. The number of nitrogens with one attached hydrogen (secondary N) is 1. The van der Waals surface area contributed by atoms with Gasteiger partial charge in [0, 0.05) is 36.9 Å². The molecular formula is C25H29F3N4O3. The van der Waals surface area contributed by atoms with Crippen LogP contribution in [0.3, 0.4) is 0 Å². The fourth-order valence-electron chi connectivity index (χ4n) is 5.59. The molecule has 1 aliphatic heterocycles.